The van der Waals surface area contributed by atoms with Crippen LogP contribution in [0.1, 0.15) is 12.1 Å². The molecule has 9 heteroatoms. The molecule has 0 aliphatic carbocycles. The van der Waals surface area contributed by atoms with Crippen molar-refractivity contribution in [1.82, 2.24) is 14.1 Å². The van der Waals surface area contributed by atoms with Crippen molar-refractivity contribution in [2.75, 3.05) is 25.4 Å². The first-order valence-electron chi connectivity index (χ1n) is 5.58. The number of hydrogen-bond acceptors (Lipinski definition) is 5. The molecule has 1 rings (SSSR count). The Balaban J connectivity index is 2.67. The molecular weight excluding hydrogens is 272 g/mol. The maximum absolute atomic E-state index is 11.9. The summed E-state index contributed by atoms with van der Waals surface area (Å²) in [5.41, 5.74) is 0.829. The maximum Gasteiger partial charge on any atom is 0.306 e. The Kier molecular flexibility index (Phi) is 4.90. The van der Waals surface area contributed by atoms with Crippen LogP contribution in [0, 0.1) is 6.92 Å². The summed E-state index contributed by atoms with van der Waals surface area (Å²) in [4.78, 5) is 11.0. The number of nitrogens with one attached hydrogen (secondary N) is 1. The van der Waals surface area contributed by atoms with E-state index in [1.54, 1.807) is 17.8 Å². The molecule has 1 aromatic rings. The number of aromatic nitrogens is 2. The van der Waals surface area contributed by atoms with E-state index in [0.717, 1.165) is 10.00 Å². The largest absolute Gasteiger partial charge is 0.469 e. The molecule has 1 N–H and O–H groups in total. The van der Waals surface area contributed by atoms with Crippen molar-refractivity contribution in [1.29, 1.82) is 0 Å². The van der Waals surface area contributed by atoms with Crippen molar-refractivity contribution in [3.8, 4) is 0 Å². The van der Waals surface area contributed by atoms with Crippen LogP contribution in [0.15, 0.2) is 6.07 Å². The first-order chi connectivity index (χ1) is 8.76. The molecule has 0 aliphatic rings. The van der Waals surface area contributed by atoms with Gasteiger partial charge in [-0.2, -0.15) is 17.8 Å². The number of anilines is 1. The second-order valence-electron chi connectivity index (χ2n) is 4.05. The summed E-state index contributed by atoms with van der Waals surface area (Å²) in [7, 11) is 0.627. The Labute approximate surface area is 112 Å². The summed E-state index contributed by atoms with van der Waals surface area (Å²) >= 11 is 0. The van der Waals surface area contributed by atoms with E-state index in [1.165, 1.54) is 14.2 Å². The minimum absolute atomic E-state index is 0.00481. The van der Waals surface area contributed by atoms with E-state index >= 15 is 0 Å². The molecule has 108 valence electrons. The summed E-state index contributed by atoms with van der Waals surface area (Å²) in [6.07, 6.45) is -0.00481. The maximum atomic E-state index is 11.9. The summed E-state index contributed by atoms with van der Waals surface area (Å²) < 4.78 is 33.3. The number of esters is 1. The minimum atomic E-state index is -3.72. The lowest BCUT2D eigenvalue weighted by Crippen LogP contribution is -2.34. The summed E-state index contributed by atoms with van der Waals surface area (Å²) in [5.74, 6) is -0.222. The van der Waals surface area contributed by atoms with E-state index in [4.69, 9.17) is 0 Å². The number of carbonyl (C=O) groups is 1. The van der Waals surface area contributed by atoms with Crippen molar-refractivity contribution >= 4 is 22.0 Å². The molecule has 0 aliphatic heterocycles. The lowest BCUT2D eigenvalue weighted by Gasteiger charge is -2.16. The fourth-order valence-electron chi connectivity index (χ4n) is 1.29. The molecule has 19 heavy (non-hydrogen) atoms. The van der Waals surface area contributed by atoms with Crippen molar-refractivity contribution in [3.63, 3.8) is 0 Å². The van der Waals surface area contributed by atoms with E-state index in [-0.39, 0.29) is 18.8 Å². The van der Waals surface area contributed by atoms with Gasteiger partial charge in [0.1, 0.15) is 0 Å². The molecule has 0 atom stereocenters. The second kappa shape index (κ2) is 6.02. The molecule has 0 amide bonds. The highest BCUT2D eigenvalue weighted by atomic mass is 32.2. The van der Waals surface area contributed by atoms with Crippen LogP contribution in [0.5, 0.6) is 0 Å². The van der Waals surface area contributed by atoms with Gasteiger partial charge in [-0.3, -0.25) is 14.2 Å². The minimum Gasteiger partial charge on any atom is -0.469 e. The monoisotopic (exact) mass is 290 g/mol. The van der Waals surface area contributed by atoms with Gasteiger partial charge in [-0.1, -0.05) is 0 Å². The van der Waals surface area contributed by atoms with Crippen LogP contribution in [-0.4, -0.2) is 49.2 Å². The zero-order valence-electron chi connectivity index (χ0n) is 11.4. The van der Waals surface area contributed by atoms with Gasteiger partial charge in [0.2, 0.25) is 0 Å². The highest BCUT2D eigenvalue weighted by Gasteiger charge is 2.20. The number of rotatable bonds is 6. The van der Waals surface area contributed by atoms with Crippen molar-refractivity contribution in [2.45, 2.75) is 13.3 Å². The zero-order chi connectivity index (χ0) is 14.6. The highest BCUT2D eigenvalue weighted by Crippen LogP contribution is 2.10. The topological polar surface area (TPSA) is 93.5 Å². The third kappa shape index (κ3) is 4.21. The molecule has 0 radical (unpaired) electrons. The van der Waals surface area contributed by atoms with E-state index in [0.29, 0.717) is 0 Å². The number of aryl methyl sites for hydroxylation is 2. The summed E-state index contributed by atoms with van der Waals surface area (Å²) in [5, 5.41) is 4.00. The van der Waals surface area contributed by atoms with Crippen molar-refractivity contribution in [3.05, 3.63) is 11.8 Å². The Morgan fingerprint density at radius 2 is 2.21 bits per heavy atom. The van der Waals surface area contributed by atoms with Crippen LogP contribution in [0.2, 0.25) is 0 Å². The van der Waals surface area contributed by atoms with Crippen LogP contribution in [0.3, 0.4) is 0 Å². The van der Waals surface area contributed by atoms with Gasteiger partial charge in [0, 0.05) is 32.4 Å². The van der Waals surface area contributed by atoms with Crippen LogP contribution in [-0.2, 0) is 26.8 Å². The molecule has 0 bridgehead atoms. The number of methoxy groups -OCH3 is 1. The van der Waals surface area contributed by atoms with E-state index in [9.17, 15) is 13.2 Å². The molecule has 1 heterocycles. The molecule has 1 aromatic heterocycles. The molecular formula is C10H18N4O4S. The molecule has 0 saturated carbocycles. The standard InChI is InChI=1S/C10H18N4O4S/c1-8-7-9(11-14(8)3)12-19(16,17)13(2)6-5-10(15)18-4/h7H,5-6H2,1-4H3,(H,11,12). The van der Waals surface area contributed by atoms with Gasteiger partial charge in [0.05, 0.1) is 13.5 Å². The molecule has 8 nitrogen and oxygen atoms in total. The molecule has 0 unspecified atom stereocenters. The van der Waals surface area contributed by atoms with Gasteiger partial charge < -0.3 is 4.74 Å². The third-order valence-electron chi connectivity index (χ3n) is 2.62. The molecule has 0 saturated heterocycles. The first kappa shape index (κ1) is 15.4. The lowest BCUT2D eigenvalue weighted by atomic mass is 10.4. The lowest BCUT2D eigenvalue weighted by molar-refractivity contribution is -0.140. The number of ether oxygens (including phenoxy) is 1. The van der Waals surface area contributed by atoms with Gasteiger partial charge in [0.15, 0.2) is 5.82 Å². The van der Waals surface area contributed by atoms with Crippen LogP contribution in [0.25, 0.3) is 0 Å². The van der Waals surface area contributed by atoms with Gasteiger partial charge in [0.25, 0.3) is 0 Å². The van der Waals surface area contributed by atoms with Crippen molar-refractivity contribution < 1.29 is 17.9 Å². The second-order valence-corrected chi connectivity index (χ2v) is 5.83. The van der Waals surface area contributed by atoms with Crippen LogP contribution < -0.4 is 4.72 Å². The van der Waals surface area contributed by atoms with Crippen LogP contribution >= 0.6 is 0 Å². The van der Waals surface area contributed by atoms with Crippen molar-refractivity contribution in [2.24, 2.45) is 7.05 Å². The number of nitrogens with zero attached hydrogens (tertiary/aromatic N) is 3. The Morgan fingerprint density at radius 3 is 2.68 bits per heavy atom. The van der Waals surface area contributed by atoms with E-state index in [1.807, 2.05) is 6.92 Å². The average molecular weight is 290 g/mol. The van der Waals surface area contributed by atoms with Gasteiger partial charge in [-0.15, -0.1) is 0 Å². The predicted molar refractivity (Wildman–Crippen MR) is 69.8 cm³/mol. The Hall–Kier alpha value is -1.61. The fraction of sp³-hybridized carbons (Fsp3) is 0.600. The molecule has 0 fully saturated rings. The zero-order valence-corrected chi connectivity index (χ0v) is 12.2. The summed E-state index contributed by atoms with van der Waals surface area (Å²) in [6.45, 7) is 1.85. The Bertz CT molecular complexity index is 532. The smallest absolute Gasteiger partial charge is 0.306 e. The Morgan fingerprint density at radius 1 is 1.58 bits per heavy atom. The average Bonchev–Trinajstić information content (AvgIpc) is 2.63. The number of carbonyl (C=O) groups excluding carboxylic acids is 1. The van der Waals surface area contributed by atoms with E-state index in [2.05, 4.69) is 14.6 Å². The SMILES string of the molecule is COC(=O)CCN(C)S(=O)(=O)Nc1cc(C)n(C)n1. The van der Waals surface area contributed by atoms with Crippen LogP contribution in [0.4, 0.5) is 5.82 Å². The van der Waals surface area contributed by atoms with Gasteiger partial charge in [-0.05, 0) is 6.92 Å². The fourth-order valence-corrected chi connectivity index (χ4v) is 2.14. The first-order valence-corrected chi connectivity index (χ1v) is 7.02. The van der Waals surface area contributed by atoms with Gasteiger partial charge >= 0.3 is 16.2 Å². The van der Waals surface area contributed by atoms with E-state index < -0.39 is 16.2 Å². The highest BCUT2D eigenvalue weighted by molar-refractivity contribution is 7.90. The normalized spacial score (nSPS) is 11.6. The third-order valence-corrected chi connectivity index (χ3v) is 4.09. The quantitative estimate of drug-likeness (QED) is 0.737. The number of hydrogen-bond donors (Lipinski definition) is 1. The summed E-state index contributed by atoms with van der Waals surface area (Å²) in [6, 6.07) is 1.62. The molecule has 0 aromatic carbocycles. The van der Waals surface area contributed by atoms with Gasteiger partial charge in [-0.25, -0.2) is 0 Å². The molecule has 0 spiro atoms. The predicted octanol–water partition coefficient (Wildman–Crippen LogP) is -0.120.